The lowest BCUT2D eigenvalue weighted by atomic mass is 10.2. The average Bonchev–Trinajstić information content (AvgIpc) is 1.97. The van der Waals surface area contributed by atoms with Gasteiger partial charge in [-0.3, -0.25) is 0 Å². The van der Waals surface area contributed by atoms with E-state index < -0.39 is 0 Å². The fourth-order valence-electron chi connectivity index (χ4n) is 0.834. The van der Waals surface area contributed by atoms with Crippen LogP contribution in [0, 0.1) is 0 Å². The minimum absolute atomic E-state index is 0.00369. The molecule has 0 radical (unpaired) electrons. The molecule has 0 rings (SSSR count). The van der Waals surface area contributed by atoms with E-state index in [-0.39, 0.29) is 5.60 Å². The Morgan fingerprint density at radius 1 is 1.38 bits per heavy atom. The van der Waals surface area contributed by atoms with Gasteiger partial charge in [0.2, 0.25) is 0 Å². The highest BCUT2D eigenvalue weighted by Crippen LogP contribution is 2.15. The van der Waals surface area contributed by atoms with Gasteiger partial charge in [-0.2, -0.15) is 11.8 Å². The Bertz CT molecular complexity index is 123. The van der Waals surface area contributed by atoms with Gasteiger partial charge < -0.3 is 4.74 Å². The standard InChI is InChI=1S/C10H21ClOS/c1-9(5-6-11)13-8-7-12-10(2,3)4/h9H,5-8H2,1-4H3. The van der Waals surface area contributed by atoms with Crippen molar-refractivity contribution in [3.8, 4) is 0 Å². The molecule has 0 saturated carbocycles. The van der Waals surface area contributed by atoms with Crippen molar-refractivity contribution in [3.63, 3.8) is 0 Å². The topological polar surface area (TPSA) is 9.23 Å². The first-order valence-corrected chi connectivity index (χ1v) is 6.35. The van der Waals surface area contributed by atoms with Gasteiger partial charge in [0, 0.05) is 16.9 Å². The van der Waals surface area contributed by atoms with Crippen LogP contribution in [0.15, 0.2) is 0 Å². The van der Waals surface area contributed by atoms with Crippen LogP contribution in [0.1, 0.15) is 34.1 Å². The van der Waals surface area contributed by atoms with Gasteiger partial charge >= 0.3 is 0 Å². The molecule has 0 saturated heterocycles. The van der Waals surface area contributed by atoms with Crippen LogP contribution in [0.2, 0.25) is 0 Å². The smallest absolute Gasteiger partial charge is 0.0598 e. The van der Waals surface area contributed by atoms with Crippen molar-refractivity contribution in [1.82, 2.24) is 0 Å². The van der Waals surface area contributed by atoms with Gasteiger partial charge in [-0.15, -0.1) is 11.6 Å². The van der Waals surface area contributed by atoms with Crippen LogP contribution in [0.3, 0.4) is 0 Å². The van der Waals surface area contributed by atoms with Crippen molar-refractivity contribution < 1.29 is 4.74 Å². The summed E-state index contributed by atoms with van der Waals surface area (Å²) in [4.78, 5) is 0. The van der Waals surface area contributed by atoms with Crippen LogP contribution in [-0.2, 0) is 4.74 Å². The first-order valence-electron chi connectivity index (χ1n) is 4.77. The zero-order valence-corrected chi connectivity index (χ0v) is 10.7. The summed E-state index contributed by atoms with van der Waals surface area (Å²) in [5.74, 6) is 1.82. The fraction of sp³-hybridized carbons (Fsp3) is 1.00. The summed E-state index contributed by atoms with van der Waals surface area (Å²) in [6.45, 7) is 9.30. The van der Waals surface area contributed by atoms with Crippen molar-refractivity contribution in [2.24, 2.45) is 0 Å². The van der Waals surface area contributed by atoms with E-state index in [4.69, 9.17) is 16.3 Å². The van der Waals surface area contributed by atoms with Crippen molar-refractivity contribution in [2.45, 2.75) is 45.0 Å². The molecular formula is C10H21ClOS. The first-order chi connectivity index (χ1) is 5.95. The SMILES string of the molecule is CC(CCCl)SCCOC(C)(C)C. The second-order valence-electron chi connectivity index (χ2n) is 4.12. The summed E-state index contributed by atoms with van der Waals surface area (Å²) >= 11 is 7.57. The van der Waals surface area contributed by atoms with E-state index in [1.165, 1.54) is 0 Å². The summed E-state index contributed by atoms with van der Waals surface area (Å²) in [6.07, 6.45) is 1.09. The number of thioether (sulfide) groups is 1. The Hall–Kier alpha value is 0.600. The maximum atomic E-state index is 5.64. The molecule has 1 nitrogen and oxygen atoms in total. The average molecular weight is 225 g/mol. The second-order valence-corrected chi connectivity index (χ2v) is 6.04. The Morgan fingerprint density at radius 3 is 2.46 bits per heavy atom. The Morgan fingerprint density at radius 2 is 2.00 bits per heavy atom. The van der Waals surface area contributed by atoms with Crippen LogP contribution in [-0.4, -0.2) is 29.1 Å². The molecule has 0 amide bonds. The molecule has 13 heavy (non-hydrogen) atoms. The van der Waals surface area contributed by atoms with E-state index in [2.05, 4.69) is 27.7 Å². The fourth-order valence-corrected chi connectivity index (χ4v) is 2.16. The maximum Gasteiger partial charge on any atom is 0.0598 e. The third-order valence-corrected chi connectivity index (χ3v) is 2.96. The maximum absolute atomic E-state index is 5.64. The van der Waals surface area contributed by atoms with Crippen molar-refractivity contribution in [1.29, 1.82) is 0 Å². The van der Waals surface area contributed by atoms with E-state index in [0.29, 0.717) is 5.25 Å². The van der Waals surface area contributed by atoms with Gasteiger partial charge in [-0.05, 0) is 27.2 Å². The summed E-state index contributed by atoms with van der Waals surface area (Å²) in [5, 5.41) is 0.654. The van der Waals surface area contributed by atoms with Gasteiger partial charge in [0.15, 0.2) is 0 Å². The molecule has 0 N–H and O–H groups in total. The Labute approximate surface area is 91.6 Å². The highest BCUT2D eigenvalue weighted by atomic mass is 35.5. The zero-order chi connectivity index (χ0) is 10.3. The molecule has 0 aliphatic rings. The summed E-state index contributed by atoms with van der Waals surface area (Å²) in [6, 6.07) is 0. The number of hydrogen-bond donors (Lipinski definition) is 0. The highest BCUT2D eigenvalue weighted by molar-refractivity contribution is 7.99. The molecule has 0 aromatic rings. The lowest BCUT2D eigenvalue weighted by Gasteiger charge is -2.19. The molecule has 3 heteroatoms. The lowest BCUT2D eigenvalue weighted by molar-refractivity contribution is 0.00692. The minimum Gasteiger partial charge on any atom is -0.375 e. The van der Waals surface area contributed by atoms with Gasteiger partial charge in [-0.25, -0.2) is 0 Å². The Balaban J connectivity index is 3.25. The van der Waals surface area contributed by atoms with Crippen molar-refractivity contribution in [2.75, 3.05) is 18.2 Å². The van der Waals surface area contributed by atoms with Gasteiger partial charge in [0.05, 0.1) is 12.2 Å². The molecule has 0 fully saturated rings. The molecule has 0 heterocycles. The quantitative estimate of drug-likeness (QED) is 0.504. The largest absolute Gasteiger partial charge is 0.375 e. The summed E-state index contributed by atoms with van der Waals surface area (Å²) in [5.41, 5.74) is -0.00369. The number of ether oxygens (including phenoxy) is 1. The zero-order valence-electron chi connectivity index (χ0n) is 9.10. The number of rotatable bonds is 6. The molecule has 1 atom stereocenters. The van der Waals surface area contributed by atoms with Gasteiger partial charge in [0.1, 0.15) is 0 Å². The van der Waals surface area contributed by atoms with Crippen LogP contribution in [0.5, 0.6) is 0 Å². The molecule has 0 spiro atoms. The minimum atomic E-state index is -0.00369. The molecule has 1 unspecified atom stereocenters. The normalized spacial score (nSPS) is 14.5. The molecule has 80 valence electrons. The van der Waals surface area contributed by atoms with Crippen LogP contribution < -0.4 is 0 Å². The molecule has 0 bridgehead atoms. The molecular weight excluding hydrogens is 204 g/mol. The lowest BCUT2D eigenvalue weighted by Crippen LogP contribution is -2.20. The number of hydrogen-bond acceptors (Lipinski definition) is 2. The van der Waals surface area contributed by atoms with E-state index in [1.807, 2.05) is 11.8 Å². The van der Waals surface area contributed by atoms with E-state index in [9.17, 15) is 0 Å². The van der Waals surface area contributed by atoms with Gasteiger partial charge in [-0.1, -0.05) is 6.92 Å². The van der Waals surface area contributed by atoms with Crippen LogP contribution in [0.4, 0.5) is 0 Å². The first kappa shape index (κ1) is 13.6. The molecule has 0 aliphatic heterocycles. The number of alkyl halides is 1. The Kier molecular flexibility index (Phi) is 7.29. The van der Waals surface area contributed by atoms with Gasteiger partial charge in [0.25, 0.3) is 0 Å². The predicted octanol–water partition coefficient (Wildman–Crippen LogP) is 3.55. The molecule has 0 aliphatic carbocycles. The second kappa shape index (κ2) is 6.97. The van der Waals surface area contributed by atoms with Crippen LogP contribution >= 0.6 is 23.4 Å². The van der Waals surface area contributed by atoms with Crippen LogP contribution in [0.25, 0.3) is 0 Å². The summed E-state index contributed by atoms with van der Waals surface area (Å²) in [7, 11) is 0. The van der Waals surface area contributed by atoms with Crippen molar-refractivity contribution >= 4 is 23.4 Å². The summed E-state index contributed by atoms with van der Waals surface area (Å²) < 4.78 is 5.60. The third kappa shape index (κ3) is 10.5. The third-order valence-electron chi connectivity index (χ3n) is 1.54. The predicted molar refractivity (Wildman–Crippen MR) is 63.0 cm³/mol. The van der Waals surface area contributed by atoms with E-state index in [1.54, 1.807) is 0 Å². The monoisotopic (exact) mass is 224 g/mol. The number of halogens is 1. The van der Waals surface area contributed by atoms with E-state index >= 15 is 0 Å². The molecule has 0 aromatic heterocycles. The highest BCUT2D eigenvalue weighted by Gasteiger charge is 2.09. The van der Waals surface area contributed by atoms with E-state index in [0.717, 1.165) is 24.7 Å². The van der Waals surface area contributed by atoms with Crippen molar-refractivity contribution in [3.05, 3.63) is 0 Å². The molecule has 0 aromatic carbocycles.